The van der Waals surface area contributed by atoms with E-state index in [2.05, 4.69) is 27.0 Å². The van der Waals surface area contributed by atoms with E-state index < -0.39 is 0 Å². The highest BCUT2D eigenvalue weighted by Gasteiger charge is 2.27. The van der Waals surface area contributed by atoms with Crippen molar-refractivity contribution in [2.75, 3.05) is 13.1 Å². The topological polar surface area (TPSA) is 38.9 Å². The first kappa shape index (κ1) is 11.0. The monoisotopic (exact) mass is 270 g/mol. The number of nitrogens with two attached hydrogens (primary N) is 1. The Hall–Kier alpha value is -0.450. The molecule has 1 aromatic rings. The normalized spacial score (nSPS) is 20.9. The lowest BCUT2D eigenvalue weighted by atomic mass is 10.2. The molecule has 3 nitrogen and oxygen atoms in total. The highest BCUT2D eigenvalue weighted by molar-refractivity contribution is 9.10. The SMILES string of the molecule is N[N+]1(c2ccc(Br)nc2)CCCCCC1. The van der Waals surface area contributed by atoms with Crippen LogP contribution in [0, 0.1) is 0 Å². The Morgan fingerprint density at radius 2 is 1.80 bits per heavy atom. The van der Waals surface area contributed by atoms with Gasteiger partial charge in [-0.3, -0.25) is 0 Å². The van der Waals surface area contributed by atoms with Crippen LogP contribution in [0.2, 0.25) is 0 Å². The van der Waals surface area contributed by atoms with Gasteiger partial charge in [0.15, 0.2) is 5.69 Å². The van der Waals surface area contributed by atoms with Gasteiger partial charge in [0.2, 0.25) is 0 Å². The zero-order valence-electron chi connectivity index (χ0n) is 8.82. The smallest absolute Gasteiger partial charge is 0.170 e. The summed E-state index contributed by atoms with van der Waals surface area (Å²) in [5.74, 6) is 6.41. The summed E-state index contributed by atoms with van der Waals surface area (Å²) in [5.41, 5.74) is 1.13. The van der Waals surface area contributed by atoms with Gasteiger partial charge in [-0.1, -0.05) is 0 Å². The molecule has 0 atom stereocenters. The van der Waals surface area contributed by atoms with Crippen molar-refractivity contribution < 1.29 is 0 Å². The standard InChI is InChI=1S/C11H17BrN3/c12-11-6-5-10(9-14-11)15(13)7-3-1-2-4-8-15/h5-6,9H,1-4,7-8,13H2/q+1. The van der Waals surface area contributed by atoms with Gasteiger partial charge in [0.25, 0.3) is 0 Å². The molecule has 1 aliphatic heterocycles. The van der Waals surface area contributed by atoms with E-state index in [9.17, 15) is 0 Å². The summed E-state index contributed by atoms with van der Waals surface area (Å²) in [5, 5.41) is 0. The van der Waals surface area contributed by atoms with Crippen molar-refractivity contribution in [1.82, 2.24) is 9.58 Å². The van der Waals surface area contributed by atoms with Gasteiger partial charge < -0.3 is 0 Å². The molecule has 0 bridgehead atoms. The van der Waals surface area contributed by atoms with Gasteiger partial charge in [-0.25, -0.2) is 9.58 Å². The number of quaternary nitrogens is 1. The Kier molecular flexibility index (Phi) is 3.38. The maximum absolute atomic E-state index is 6.41. The van der Waals surface area contributed by atoms with E-state index in [1.165, 1.54) is 25.7 Å². The summed E-state index contributed by atoms with van der Waals surface area (Å²) in [6.45, 7) is 2.06. The molecule has 4 heteroatoms. The molecule has 0 aliphatic carbocycles. The highest BCUT2D eigenvalue weighted by atomic mass is 79.9. The third kappa shape index (κ3) is 2.56. The van der Waals surface area contributed by atoms with Crippen molar-refractivity contribution in [2.45, 2.75) is 25.7 Å². The van der Waals surface area contributed by atoms with E-state index in [1.807, 2.05) is 12.3 Å². The molecule has 0 aromatic carbocycles. The van der Waals surface area contributed by atoms with Crippen molar-refractivity contribution in [3.63, 3.8) is 0 Å². The fourth-order valence-corrected chi connectivity index (χ4v) is 2.38. The quantitative estimate of drug-likeness (QED) is 0.484. The Morgan fingerprint density at radius 3 is 2.33 bits per heavy atom. The Balaban J connectivity index is 2.22. The van der Waals surface area contributed by atoms with Crippen LogP contribution in [0.25, 0.3) is 0 Å². The molecule has 82 valence electrons. The molecular formula is C11H17BrN3+. The lowest BCUT2D eigenvalue weighted by Crippen LogP contribution is -2.56. The molecule has 0 saturated carbocycles. The molecule has 0 amide bonds. The summed E-state index contributed by atoms with van der Waals surface area (Å²) in [6, 6.07) is 4.04. The molecule has 2 rings (SSSR count). The van der Waals surface area contributed by atoms with Crippen LogP contribution in [-0.4, -0.2) is 18.1 Å². The zero-order valence-corrected chi connectivity index (χ0v) is 10.4. The Bertz CT molecular complexity index is 315. The van der Waals surface area contributed by atoms with Crippen molar-refractivity contribution in [3.05, 3.63) is 22.9 Å². The van der Waals surface area contributed by atoms with Gasteiger partial charge in [-0.05, 0) is 47.7 Å². The van der Waals surface area contributed by atoms with Crippen LogP contribution in [0.15, 0.2) is 22.9 Å². The minimum Gasteiger partial charge on any atom is -0.243 e. The second kappa shape index (κ2) is 4.60. The molecule has 1 saturated heterocycles. The number of rotatable bonds is 1. The first-order valence-electron chi connectivity index (χ1n) is 5.48. The molecule has 1 fully saturated rings. The molecule has 1 aromatic heterocycles. The first-order chi connectivity index (χ1) is 7.21. The van der Waals surface area contributed by atoms with Gasteiger partial charge in [0.05, 0.1) is 6.20 Å². The van der Waals surface area contributed by atoms with E-state index in [4.69, 9.17) is 5.84 Å². The number of hydrogen-bond donors (Lipinski definition) is 1. The average molecular weight is 271 g/mol. The van der Waals surface area contributed by atoms with Gasteiger partial charge in [-0.2, -0.15) is 5.84 Å². The molecular weight excluding hydrogens is 254 g/mol. The van der Waals surface area contributed by atoms with Crippen molar-refractivity contribution in [2.24, 2.45) is 5.84 Å². The highest BCUT2D eigenvalue weighted by Crippen LogP contribution is 2.23. The predicted octanol–water partition coefficient (Wildman–Crippen LogP) is 2.60. The molecule has 0 unspecified atom stereocenters. The van der Waals surface area contributed by atoms with Gasteiger partial charge in [0, 0.05) is 6.07 Å². The fourth-order valence-electron chi connectivity index (χ4n) is 2.14. The molecule has 2 N–H and O–H groups in total. The third-order valence-corrected chi connectivity index (χ3v) is 3.56. The van der Waals surface area contributed by atoms with Gasteiger partial charge in [-0.15, -0.1) is 0 Å². The predicted molar refractivity (Wildman–Crippen MR) is 66.1 cm³/mol. The summed E-state index contributed by atoms with van der Waals surface area (Å²) < 4.78 is 1.42. The van der Waals surface area contributed by atoms with Crippen molar-refractivity contribution >= 4 is 21.6 Å². The van der Waals surface area contributed by atoms with E-state index in [-0.39, 0.29) is 0 Å². The van der Waals surface area contributed by atoms with Crippen LogP contribution < -0.4 is 10.4 Å². The molecule has 15 heavy (non-hydrogen) atoms. The number of pyridine rings is 1. The summed E-state index contributed by atoms with van der Waals surface area (Å²) in [7, 11) is 0. The lowest BCUT2D eigenvalue weighted by Gasteiger charge is -2.30. The molecule has 2 heterocycles. The van der Waals surface area contributed by atoms with Crippen LogP contribution in [0.5, 0.6) is 0 Å². The van der Waals surface area contributed by atoms with Crippen LogP contribution in [0.3, 0.4) is 0 Å². The van der Waals surface area contributed by atoms with E-state index in [0.717, 1.165) is 23.4 Å². The minimum absolute atomic E-state index is 0.556. The van der Waals surface area contributed by atoms with Crippen LogP contribution in [0.1, 0.15) is 25.7 Å². The number of aromatic nitrogens is 1. The van der Waals surface area contributed by atoms with Gasteiger partial charge in [0.1, 0.15) is 17.7 Å². The minimum atomic E-state index is 0.556. The van der Waals surface area contributed by atoms with Crippen LogP contribution in [-0.2, 0) is 0 Å². The van der Waals surface area contributed by atoms with E-state index >= 15 is 0 Å². The largest absolute Gasteiger partial charge is 0.243 e. The number of hydrogen-bond acceptors (Lipinski definition) is 2. The Morgan fingerprint density at radius 1 is 1.13 bits per heavy atom. The first-order valence-corrected chi connectivity index (χ1v) is 6.28. The molecule has 0 radical (unpaired) electrons. The maximum atomic E-state index is 6.41. The zero-order chi connectivity index (χ0) is 10.7. The fraction of sp³-hybridized carbons (Fsp3) is 0.545. The van der Waals surface area contributed by atoms with Crippen LogP contribution in [0.4, 0.5) is 5.69 Å². The van der Waals surface area contributed by atoms with E-state index in [0.29, 0.717) is 4.59 Å². The third-order valence-electron chi connectivity index (χ3n) is 3.09. The summed E-state index contributed by atoms with van der Waals surface area (Å²) in [4.78, 5) is 4.25. The molecule has 0 spiro atoms. The van der Waals surface area contributed by atoms with Crippen LogP contribution >= 0.6 is 15.9 Å². The van der Waals surface area contributed by atoms with Crippen molar-refractivity contribution in [3.8, 4) is 0 Å². The summed E-state index contributed by atoms with van der Waals surface area (Å²) in [6.07, 6.45) is 6.93. The van der Waals surface area contributed by atoms with Gasteiger partial charge >= 0.3 is 0 Å². The maximum Gasteiger partial charge on any atom is 0.170 e. The second-order valence-corrected chi connectivity index (χ2v) is 5.05. The average Bonchev–Trinajstić information content (AvgIpc) is 2.45. The molecule has 1 aliphatic rings. The number of halogens is 1. The number of nitrogens with zero attached hydrogens (tertiary/aromatic N) is 2. The van der Waals surface area contributed by atoms with Crippen molar-refractivity contribution in [1.29, 1.82) is 0 Å². The lowest BCUT2D eigenvalue weighted by molar-refractivity contribution is 0.291. The van der Waals surface area contributed by atoms with E-state index in [1.54, 1.807) is 0 Å². The second-order valence-electron chi connectivity index (χ2n) is 4.23. The summed E-state index contributed by atoms with van der Waals surface area (Å²) >= 11 is 3.34. The Labute approximate surface area is 99.0 Å².